The molecule has 0 aliphatic heterocycles. The fourth-order valence-corrected chi connectivity index (χ4v) is 6.37. The molecule has 3 aromatic rings. The van der Waals surface area contributed by atoms with Crippen LogP contribution in [0.3, 0.4) is 0 Å². The molecule has 4 rings (SSSR count). The summed E-state index contributed by atoms with van der Waals surface area (Å²) in [6.07, 6.45) is 7.17. The topological polar surface area (TPSA) is 131 Å². The van der Waals surface area contributed by atoms with Crippen LogP contribution in [0, 0.1) is 11.3 Å². The first-order valence-corrected chi connectivity index (χ1v) is 14.3. The van der Waals surface area contributed by atoms with Crippen LogP contribution in [0.4, 0.5) is 5.00 Å². The van der Waals surface area contributed by atoms with Crippen LogP contribution < -0.4 is 20.1 Å². The molecule has 2 heterocycles. The monoisotopic (exact) mass is 566 g/mol. The zero-order valence-corrected chi connectivity index (χ0v) is 23.7. The molecule has 204 valence electrons. The Labute approximate surface area is 235 Å². The molecule has 2 amide bonds. The van der Waals surface area contributed by atoms with Crippen LogP contribution in [-0.4, -0.2) is 46.6 Å². The van der Waals surface area contributed by atoms with Gasteiger partial charge in [-0.3, -0.25) is 9.59 Å². The second-order valence-electron chi connectivity index (χ2n) is 8.67. The lowest BCUT2D eigenvalue weighted by atomic mass is 9.96. The molecular weight excluding hydrogens is 536 g/mol. The molecular formula is C27H30N6O4S2. The molecule has 2 aromatic heterocycles. The number of aromatic nitrogens is 3. The number of amides is 2. The number of benzene rings is 1. The van der Waals surface area contributed by atoms with Gasteiger partial charge in [0.25, 0.3) is 0 Å². The number of nitriles is 1. The van der Waals surface area contributed by atoms with Gasteiger partial charge in [0.1, 0.15) is 11.1 Å². The number of methoxy groups -OCH3 is 2. The highest BCUT2D eigenvalue weighted by molar-refractivity contribution is 7.99. The summed E-state index contributed by atoms with van der Waals surface area (Å²) in [5.74, 6) is 1.43. The molecule has 0 atom stereocenters. The van der Waals surface area contributed by atoms with Gasteiger partial charge < -0.3 is 24.7 Å². The maximum Gasteiger partial charge on any atom is 0.244 e. The van der Waals surface area contributed by atoms with Crippen LogP contribution in [0.5, 0.6) is 11.5 Å². The van der Waals surface area contributed by atoms with Gasteiger partial charge in [-0.1, -0.05) is 17.8 Å². The van der Waals surface area contributed by atoms with Gasteiger partial charge in [-0.25, -0.2) is 0 Å². The zero-order chi connectivity index (χ0) is 27.8. The maximum absolute atomic E-state index is 12.7. The van der Waals surface area contributed by atoms with Crippen molar-refractivity contribution in [3.63, 3.8) is 0 Å². The molecule has 0 fully saturated rings. The zero-order valence-electron chi connectivity index (χ0n) is 22.1. The number of rotatable bonds is 11. The summed E-state index contributed by atoms with van der Waals surface area (Å²) in [4.78, 5) is 26.3. The molecule has 12 heteroatoms. The molecule has 0 bridgehead atoms. The molecule has 2 N–H and O–H groups in total. The summed E-state index contributed by atoms with van der Waals surface area (Å²) in [5, 5.41) is 25.0. The first-order chi connectivity index (χ1) is 19.0. The van der Waals surface area contributed by atoms with Crippen LogP contribution >= 0.6 is 23.1 Å². The van der Waals surface area contributed by atoms with Gasteiger partial charge in [-0.2, -0.15) is 5.26 Å². The van der Waals surface area contributed by atoms with E-state index in [1.54, 1.807) is 32.4 Å². The number of carbonyl (C=O) groups is 2. The molecule has 1 aromatic carbocycles. The maximum atomic E-state index is 12.7. The molecule has 0 saturated carbocycles. The number of nitrogens with zero attached hydrogens (tertiary/aromatic N) is 4. The minimum Gasteiger partial charge on any atom is -0.493 e. The molecule has 39 heavy (non-hydrogen) atoms. The van der Waals surface area contributed by atoms with Crippen LogP contribution in [0.25, 0.3) is 6.08 Å². The van der Waals surface area contributed by atoms with E-state index < -0.39 is 0 Å². The second kappa shape index (κ2) is 13.3. The molecule has 0 saturated heterocycles. The fraction of sp³-hybridized carbons (Fsp3) is 0.370. The van der Waals surface area contributed by atoms with Crippen molar-refractivity contribution in [3.8, 4) is 17.6 Å². The van der Waals surface area contributed by atoms with Crippen molar-refractivity contribution in [1.29, 1.82) is 5.26 Å². The van der Waals surface area contributed by atoms with Gasteiger partial charge in [-0.05, 0) is 61.9 Å². The first kappa shape index (κ1) is 28.2. The SMILES string of the molecule is CCn1c(CNC(=O)C=Cc2ccc(OC)c(OC)c2)nnc1SCC(=O)Nc1sc2c(c1C#N)CCCC2. The number of ether oxygens (including phenoxy) is 2. The number of thioether (sulfide) groups is 1. The van der Waals surface area contributed by atoms with Gasteiger partial charge in [-0.15, -0.1) is 21.5 Å². The van der Waals surface area contributed by atoms with Crippen molar-refractivity contribution in [2.24, 2.45) is 0 Å². The van der Waals surface area contributed by atoms with Crippen LogP contribution in [0.1, 0.15) is 47.2 Å². The van der Waals surface area contributed by atoms with Crippen molar-refractivity contribution in [1.82, 2.24) is 20.1 Å². The highest BCUT2D eigenvalue weighted by atomic mass is 32.2. The van der Waals surface area contributed by atoms with E-state index in [1.165, 1.54) is 34.1 Å². The predicted molar refractivity (Wildman–Crippen MR) is 151 cm³/mol. The third-order valence-electron chi connectivity index (χ3n) is 6.23. The van der Waals surface area contributed by atoms with E-state index in [0.29, 0.717) is 39.6 Å². The van der Waals surface area contributed by atoms with Gasteiger partial charge in [0.15, 0.2) is 22.5 Å². The van der Waals surface area contributed by atoms with E-state index in [9.17, 15) is 14.9 Å². The summed E-state index contributed by atoms with van der Waals surface area (Å²) in [7, 11) is 3.12. The van der Waals surface area contributed by atoms with E-state index in [2.05, 4.69) is 26.9 Å². The van der Waals surface area contributed by atoms with E-state index in [-0.39, 0.29) is 24.1 Å². The van der Waals surface area contributed by atoms with Crippen LogP contribution in [-0.2, 0) is 35.5 Å². The normalized spacial score (nSPS) is 12.6. The number of anilines is 1. The molecule has 0 radical (unpaired) electrons. The number of thiophene rings is 1. The summed E-state index contributed by atoms with van der Waals surface area (Å²) in [6.45, 7) is 2.72. The van der Waals surface area contributed by atoms with Gasteiger partial charge in [0.2, 0.25) is 11.8 Å². The Kier molecular flexibility index (Phi) is 9.62. The first-order valence-electron chi connectivity index (χ1n) is 12.5. The van der Waals surface area contributed by atoms with Crippen molar-refractivity contribution in [2.75, 3.05) is 25.3 Å². The Bertz CT molecular complexity index is 1420. The number of hydrogen-bond acceptors (Lipinski definition) is 9. The number of hydrogen-bond donors (Lipinski definition) is 2. The smallest absolute Gasteiger partial charge is 0.244 e. The summed E-state index contributed by atoms with van der Waals surface area (Å²) in [5.41, 5.74) is 2.48. The molecule has 1 aliphatic rings. The Morgan fingerprint density at radius 3 is 2.74 bits per heavy atom. The summed E-state index contributed by atoms with van der Waals surface area (Å²) in [6, 6.07) is 7.65. The van der Waals surface area contributed by atoms with Gasteiger partial charge in [0.05, 0.1) is 32.1 Å². The third kappa shape index (κ3) is 6.79. The van der Waals surface area contributed by atoms with Crippen molar-refractivity contribution in [3.05, 3.63) is 51.7 Å². The lowest BCUT2D eigenvalue weighted by Gasteiger charge is -2.09. The summed E-state index contributed by atoms with van der Waals surface area (Å²) < 4.78 is 12.4. The number of aryl methyl sites for hydroxylation is 1. The average molecular weight is 567 g/mol. The van der Waals surface area contributed by atoms with Crippen molar-refractivity contribution >= 4 is 46.0 Å². The molecule has 1 aliphatic carbocycles. The fourth-order valence-electron chi connectivity index (χ4n) is 4.29. The van der Waals surface area contributed by atoms with E-state index in [0.717, 1.165) is 36.8 Å². The van der Waals surface area contributed by atoms with E-state index in [1.807, 2.05) is 17.6 Å². The molecule has 0 unspecified atom stereocenters. The molecule has 10 nitrogen and oxygen atoms in total. The number of carbonyl (C=O) groups excluding carboxylic acids is 2. The number of nitrogens with one attached hydrogen (secondary N) is 2. The Balaban J connectivity index is 1.31. The predicted octanol–water partition coefficient (Wildman–Crippen LogP) is 4.19. The minimum atomic E-state index is -0.282. The van der Waals surface area contributed by atoms with Crippen LogP contribution in [0.2, 0.25) is 0 Å². The Morgan fingerprint density at radius 1 is 1.21 bits per heavy atom. The quantitative estimate of drug-likeness (QED) is 0.261. The van der Waals surface area contributed by atoms with Crippen molar-refractivity contribution in [2.45, 2.75) is 50.9 Å². The summed E-state index contributed by atoms with van der Waals surface area (Å²) >= 11 is 2.78. The highest BCUT2D eigenvalue weighted by Crippen LogP contribution is 2.37. The largest absolute Gasteiger partial charge is 0.493 e. The van der Waals surface area contributed by atoms with E-state index in [4.69, 9.17) is 9.47 Å². The average Bonchev–Trinajstić information content (AvgIpc) is 3.53. The van der Waals surface area contributed by atoms with Gasteiger partial charge >= 0.3 is 0 Å². The Hall–Kier alpha value is -3.82. The molecule has 0 spiro atoms. The lowest BCUT2D eigenvalue weighted by Crippen LogP contribution is -2.22. The highest BCUT2D eigenvalue weighted by Gasteiger charge is 2.22. The number of fused-ring (bicyclic) bond motifs is 1. The van der Waals surface area contributed by atoms with Gasteiger partial charge in [0, 0.05) is 17.5 Å². The van der Waals surface area contributed by atoms with E-state index >= 15 is 0 Å². The Morgan fingerprint density at radius 2 is 2.00 bits per heavy atom. The van der Waals surface area contributed by atoms with Crippen LogP contribution in [0.15, 0.2) is 29.4 Å². The third-order valence-corrected chi connectivity index (χ3v) is 8.41. The van der Waals surface area contributed by atoms with Crippen molar-refractivity contribution < 1.29 is 19.1 Å². The standard InChI is InChI=1S/C27H30N6O4S2/c1-4-33-23(15-29-24(34)12-10-17-9-11-20(36-2)21(13-17)37-3)31-32-27(33)38-16-25(35)30-26-19(14-28)18-7-5-6-8-22(18)39-26/h9-13H,4-8,15-16H2,1-3H3,(H,29,34)(H,30,35). The second-order valence-corrected chi connectivity index (χ2v) is 10.7. The lowest BCUT2D eigenvalue weighted by molar-refractivity contribution is -0.116. The minimum absolute atomic E-state index is 0.131.